The number of amides is 2. The first-order chi connectivity index (χ1) is 11.2. The van der Waals surface area contributed by atoms with Gasteiger partial charge in [-0.25, -0.2) is 9.18 Å². The quantitative estimate of drug-likeness (QED) is 0.802. The Hall–Kier alpha value is -1.99. The number of carbonyl (C=O) groups excluding carboxylic acids is 1. The molecule has 0 radical (unpaired) electrons. The first kappa shape index (κ1) is 15.9. The second kappa shape index (κ2) is 7.06. The van der Waals surface area contributed by atoms with Crippen molar-refractivity contribution in [2.75, 3.05) is 12.4 Å². The molecule has 2 heterocycles. The summed E-state index contributed by atoms with van der Waals surface area (Å²) in [6, 6.07) is 6.98. The van der Waals surface area contributed by atoms with Crippen LogP contribution in [0.15, 0.2) is 45.9 Å². The number of hydrogen-bond donors (Lipinski definition) is 3. The number of nitrogens with one attached hydrogen (secondary N) is 2. The summed E-state index contributed by atoms with van der Waals surface area (Å²) < 4.78 is 19.0. The Bertz CT molecular complexity index is 678. The van der Waals surface area contributed by atoms with Crippen molar-refractivity contribution in [1.82, 2.24) is 10.6 Å². The summed E-state index contributed by atoms with van der Waals surface area (Å²) >= 11 is 1.46. The lowest BCUT2D eigenvalue weighted by atomic mass is 10.0. The highest BCUT2D eigenvalue weighted by Gasteiger charge is 2.25. The number of fused-ring (bicyclic) bond motifs is 1. The molecule has 0 saturated heterocycles. The number of benzene rings is 1. The Morgan fingerprint density at radius 3 is 3.04 bits per heavy atom. The lowest BCUT2D eigenvalue weighted by molar-refractivity contribution is 0.205. The van der Waals surface area contributed by atoms with E-state index in [1.807, 2.05) is 6.07 Å². The molecule has 23 heavy (non-hydrogen) atoms. The average Bonchev–Trinajstić information content (AvgIpc) is 3.08. The molecular formula is C16H17FN2O3S. The van der Waals surface area contributed by atoms with Crippen LogP contribution in [0.3, 0.4) is 0 Å². The van der Waals surface area contributed by atoms with Crippen LogP contribution in [0, 0.1) is 5.82 Å². The van der Waals surface area contributed by atoms with Crippen LogP contribution in [0.1, 0.15) is 29.8 Å². The molecule has 0 fully saturated rings. The van der Waals surface area contributed by atoms with Gasteiger partial charge in [-0.15, -0.1) is 11.8 Å². The van der Waals surface area contributed by atoms with Gasteiger partial charge in [0.1, 0.15) is 17.6 Å². The number of aliphatic hydroxyl groups is 1. The minimum atomic E-state index is -0.616. The maximum Gasteiger partial charge on any atom is 0.315 e. The van der Waals surface area contributed by atoms with Crippen LogP contribution in [0.2, 0.25) is 0 Å². The zero-order valence-corrected chi connectivity index (χ0v) is 13.1. The largest absolute Gasteiger partial charge is 0.467 e. The zero-order valence-electron chi connectivity index (χ0n) is 12.3. The molecule has 2 aromatic rings. The van der Waals surface area contributed by atoms with Crippen molar-refractivity contribution in [3.8, 4) is 0 Å². The van der Waals surface area contributed by atoms with Crippen molar-refractivity contribution in [2.24, 2.45) is 0 Å². The summed E-state index contributed by atoms with van der Waals surface area (Å²) in [5.41, 5.74) is 0.787. The van der Waals surface area contributed by atoms with Crippen molar-refractivity contribution in [1.29, 1.82) is 0 Å². The number of thioether (sulfide) groups is 1. The van der Waals surface area contributed by atoms with Crippen molar-refractivity contribution >= 4 is 17.8 Å². The number of hydrogen-bond acceptors (Lipinski definition) is 4. The molecule has 5 nitrogen and oxygen atoms in total. The maximum absolute atomic E-state index is 13.8. The molecule has 1 aliphatic rings. The van der Waals surface area contributed by atoms with Gasteiger partial charge in [-0.2, -0.15) is 0 Å². The number of carbonyl (C=O) groups is 1. The van der Waals surface area contributed by atoms with Gasteiger partial charge < -0.3 is 20.2 Å². The Morgan fingerprint density at radius 2 is 2.30 bits per heavy atom. The number of urea groups is 1. The molecule has 0 bridgehead atoms. The topological polar surface area (TPSA) is 74.5 Å². The van der Waals surface area contributed by atoms with Gasteiger partial charge in [0.15, 0.2) is 0 Å². The molecule has 1 aromatic carbocycles. The van der Waals surface area contributed by atoms with E-state index in [-0.39, 0.29) is 18.5 Å². The third-order valence-corrected chi connectivity index (χ3v) is 4.86. The molecule has 122 valence electrons. The van der Waals surface area contributed by atoms with E-state index < -0.39 is 12.1 Å². The summed E-state index contributed by atoms with van der Waals surface area (Å²) in [7, 11) is 0. The van der Waals surface area contributed by atoms with E-state index >= 15 is 0 Å². The second-order valence-corrected chi connectivity index (χ2v) is 6.32. The number of halogens is 1. The first-order valence-electron chi connectivity index (χ1n) is 7.31. The fourth-order valence-corrected chi connectivity index (χ4v) is 3.73. The van der Waals surface area contributed by atoms with Crippen LogP contribution in [0.4, 0.5) is 9.18 Å². The second-order valence-electron chi connectivity index (χ2n) is 5.22. The molecule has 3 rings (SSSR count). The molecule has 0 spiro atoms. The van der Waals surface area contributed by atoms with Crippen molar-refractivity contribution < 1.29 is 18.7 Å². The van der Waals surface area contributed by atoms with Crippen LogP contribution >= 0.6 is 11.8 Å². The van der Waals surface area contributed by atoms with Gasteiger partial charge in [-0.1, -0.05) is 12.1 Å². The minimum Gasteiger partial charge on any atom is -0.467 e. The Balaban J connectivity index is 1.68. The molecule has 3 N–H and O–H groups in total. The normalized spacial score (nSPS) is 18.1. The number of aliphatic hydroxyl groups excluding tert-OH is 1. The molecule has 1 aliphatic heterocycles. The summed E-state index contributed by atoms with van der Waals surface area (Å²) in [5, 5.41) is 14.9. The van der Waals surface area contributed by atoms with E-state index in [4.69, 9.17) is 4.42 Å². The van der Waals surface area contributed by atoms with Crippen LogP contribution in [0.5, 0.6) is 0 Å². The Kier molecular flexibility index (Phi) is 4.88. The van der Waals surface area contributed by atoms with E-state index in [1.165, 1.54) is 24.1 Å². The molecule has 0 aliphatic carbocycles. The van der Waals surface area contributed by atoms with Crippen molar-refractivity contribution in [3.05, 3.63) is 53.7 Å². The van der Waals surface area contributed by atoms with Gasteiger partial charge in [-0.3, -0.25) is 0 Å². The van der Waals surface area contributed by atoms with Crippen LogP contribution in [0.25, 0.3) is 0 Å². The molecule has 2 atom stereocenters. The predicted molar refractivity (Wildman–Crippen MR) is 84.7 cm³/mol. The summed E-state index contributed by atoms with van der Waals surface area (Å²) in [6.07, 6.45) is 2.20. The third kappa shape index (κ3) is 3.51. The average molecular weight is 336 g/mol. The lowest BCUT2D eigenvalue weighted by Gasteiger charge is -2.27. The summed E-state index contributed by atoms with van der Waals surface area (Å²) in [6.45, 7) is -0.271. The Labute approximate surface area is 137 Å². The molecule has 2 amide bonds. The molecule has 0 saturated carbocycles. The van der Waals surface area contributed by atoms with E-state index in [9.17, 15) is 14.3 Å². The fraction of sp³-hybridized carbons (Fsp3) is 0.312. The zero-order chi connectivity index (χ0) is 16.2. The minimum absolute atomic E-state index is 0.252. The Morgan fingerprint density at radius 1 is 1.43 bits per heavy atom. The number of furan rings is 1. The van der Waals surface area contributed by atoms with Crippen molar-refractivity contribution in [3.63, 3.8) is 0 Å². The van der Waals surface area contributed by atoms with E-state index in [0.717, 1.165) is 17.7 Å². The van der Waals surface area contributed by atoms with Crippen LogP contribution in [-0.4, -0.2) is 23.5 Å². The van der Waals surface area contributed by atoms with Crippen LogP contribution in [-0.2, 0) is 0 Å². The van der Waals surface area contributed by atoms with Gasteiger partial charge >= 0.3 is 6.03 Å². The van der Waals surface area contributed by atoms with Gasteiger partial charge in [0.25, 0.3) is 0 Å². The highest BCUT2D eigenvalue weighted by molar-refractivity contribution is 7.99. The standard InChI is InChI=1S/C16H17FN2O3S/c17-11-4-1-3-10-12(6-8-23-15(10)11)18-16(21)19-13(9-20)14-5-2-7-22-14/h1-5,7,12-13,20H,6,8-9H2,(H2,18,19,21)/t12-,13+/m1/s1. The molecule has 7 heteroatoms. The molecule has 0 unspecified atom stereocenters. The third-order valence-electron chi connectivity index (χ3n) is 3.71. The highest BCUT2D eigenvalue weighted by atomic mass is 32.2. The van der Waals surface area contributed by atoms with Gasteiger partial charge in [0, 0.05) is 10.6 Å². The van der Waals surface area contributed by atoms with Gasteiger partial charge in [0.2, 0.25) is 0 Å². The predicted octanol–water partition coefficient (Wildman–Crippen LogP) is 2.99. The molecular weight excluding hydrogens is 319 g/mol. The van der Waals surface area contributed by atoms with Crippen LogP contribution < -0.4 is 10.6 Å². The van der Waals surface area contributed by atoms with Crippen molar-refractivity contribution in [2.45, 2.75) is 23.4 Å². The number of rotatable bonds is 4. The van der Waals surface area contributed by atoms with E-state index in [2.05, 4.69) is 10.6 Å². The SMILES string of the molecule is O=C(N[C@@H](CO)c1ccco1)N[C@@H]1CCSc2c(F)cccc21. The van der Waals surface area contributed by atoms with E-state index in [0.29, 0.717) is 10.7 Å². The lowest BCUT2D eigenvalue weighted by Crippen LogP contribution is -2.41. The van der Waals surface area contributed by atoms with Gasteiger partial charge in [0.05, 0.1) is 18.9 Å². The highest BCUT2D eigenvalue weighted by Crippen LogP contribution is 2.37. The smallest absolute Gasteiger partial charge is 0.315 e. The summed E-state index contributed by atoms with van der Waals surface area (Å²) in [4.78, 5) is 12.8. The summed E-state index contributed by atoms with van der Waals surface area (Å²) in [5.74, 6) is 0.956. The molecule has 1 aromatic heterocycles. The fourth-order valence-electron chi connectivity index (χ4n) is 2.59. The van der Waals surface area contributed by atoms with Gasteiger partial charge in [-0.05, 0) is 30.2 Å². The first-order valence-corrected chi connectivity index (χ1v) is 8.30. The monoisotopic (exact) mass is 336 g/mol. The van der Waals surface area contributed by atoms with E-state index in [1.54, 1.807) is 18.2 Å². The maximum atomic E-state index is 13.8.